The highest BCUT2D eigenvalue weighted by Crippen LogP contribution is 2.34. The molecule has 0 aliphatic carbocycles. The molecule has 0 amide bonds. The number of fused-ring (bicyclic) bond motifs is 1. The molecular formula is C18H26ClN5O3S2. The number of likely N-dealkylation sites (tertiary alicyclic amines) is 1. The zero-order valence-corrected chi connectivity index (χ0v) is 18.8. The number of nitrogens with one attached hydrogen (secondary N) is 1. The summed E-state index contributed by atoms with van der Waals surface area (Å²) in [5, 5.41) is 0.261. The monoisotopic (exact) mass is 459 g/mol. The smallest absolute Gasteiger partial charge is 0.224 e. The van der Waals surface area contributed by atoms with Crippen molar-refractivity contribution in [1.29, 1.82) is 0 Å². The molecule has 2 aliphatic rings. The largest absolute Gasteiger partial charge is 0.378 e. The van der Waals surface area contributed by atoms with Crippen LogP contribution in [0.25, 0.3) is 10.2 Å². The van der Waals surface area contributed by atoms with Crippen LogP contribution in [-0.4, -0.2) is 74.5 Å². The van der Waals surface area contributed by atoms with Gasteiger partial charge in [0.05, 0.1) is 29.2 Å². The number of morpholine rings is 1. The average molecular weight is 460 g/mol. The molecule has 0 spiro atoms. The Balaban J connectivity index is 1.52. The van der Waals surface area contributed by atoms with Crippen molar-refractivity contribution in [2.45, 2.75) is 32.4 Å². The van der Waals surface area contributed by atoms with Crippen molar-refractivity contribution in [1.82, 2.24) is 19.6 Å². The van der Waals surface area contributed by atoms with Crippen molar-refractivity contribution in [3.8, 4) is 0 Å². The molecule has 1 atom stereocenters. The van der Waals surface area contributed by atoms with E-state index in [1.165, 1.54) is 4.88 Å². The molecule has 11 heteroatoms. The zero-order chi connectivity index (χ0) is 20.4. The molecular weight excluding hydrogens is 434 g/mol. The van der Waals surface area contributed by atoms with Gasteiger partial charge in [-0.15, -0.1) is 11.3 Å². The van der Waals surface area contributed by atoms with Crippen LogP contribution in [0.1, 0.15) is 24.6 Å². The first-order chi connectivity index (χ1) is 13.9. The first-order valence-electron chi connectivity index (χ1n) is 9.95. The van der Waals surface area contributed by atoms with E-state index in [0.29, 0.717) is 19.8 Å². The van der Waals surface area contributed by atoms with Crippen LogP contribution in [0.5, 0.6) is 0 Å². The number of ether oxygens (including phenoxy) is 1. The Hall–Kier alpha value is -1.04. The van der Waals surface area contributed by atoms with Gasteiger partial charge >= 0.3 is 0 Å². The summed E-state index contributed by atoms with van der Waals surface area (Å²) in [6.45, 7) is 6.82. The molecule has 2 fully saturated rings. The van der Waals surface area contributed by atoms with Crippen molar-refractivity contribution >= 4 is 49.0 Å². The van der Waals surface area contributed by atoms with Crippen molar-refractivity contribution in [2.75, 3.05) is 50.0 Å². The number of anilines is 1. The Kier molecular flexibility index (Phi) is 6.57. The van der Waals surface area contributed by atoms with Crippen LogP contribution in [0.4, 0.5) is 5.82 Å². The number of aromatic nitrogens is 2. The fourth-order valence-corrected chi connectivity index (χ4v) is 5.82. The molecule has 1 N–H and O–H groups in total. The average Bonchev–Trinajstić information content (AvgIpc) is 3.33. The van der Waals surface area contributed by atoms with Crippen LogP contribution in [0.15, 0.2) is 6.07 Å². The third-order valence-electron chi connectivity index (χ3n) is 5.46. The first-order valence-corrected chi connectivity index (χ1v) is 12.8. The van der Waals surface area contributed by atoms with E-state index < -0.39 is 10.0 Å². The lowest BCUT2D eigenvalue weighted by molar-refractivity contribution is 0.122. The van der Waals surface area contributed by atoms with E-state index in [0.717, 1.165) is 55.1 Å². The summed E-state index contributed by atoms with van der Waals surface area (Å²) in [4.78, 5) is 14.7. The summed E-state index contributed by atoms with van der Waals surface area (Å²) in [5.74, 6) is 0.994. The number of halogens is 1. The van der Waals surface area contributed by atoms with Crippen LogP contribution < -0.4 is 9.62 Å². The second kappa shape index (κ2) is 8.99. The summed E-state index contributed by atoms with van der Waals surface area (Å²) in [6, 6.07) is 2.30. The molecule has 0 saturated carbocycles. The van der Waals surface area contributed by atoms with Gasteiger partial charge in [0.15, 0.2) is 5.82 Å². The summed E-state index contributed by atoms with van der Waals surface area (Å²) in [5.41, 5.74) is 0.869. The van der Waals surface area contributed by atoms with E-state index in [1.54, 1.807) is 18.3 Å². The Morgan fingerprint density at radius 2 is 2.10 bits per heavy atom. The molecule has 0 bridgehead atoms. The Bertz CT molecular complexity index is 962. The normalized spacial score (nSPS) is 21.3. The first kappa shape index (κ1) is 21.2. The fourth-order valence-electron chi connectivity index (χ4n) is 3.86. The van der Waals surface area contributed by atoms with Gasteiger partial charge in [0.2, 0.25) is 15.3 Å². The van der Waals surface area contributed by atoms with Gasteiger partial charge in [-0.1, -0.05) is 0 Å². The Labute approximate surface area is 180 Å². The maximum Gasteiger partial charge on any atom is 0.224 e. The van der Waals surface area contributed by atoms with Gasteiger partial charge in [0.1, 0.15) is 0 Å². The molecule has 2 saturated heterocycles. The van der Waals surface area contributed by atoms with Gasteiger partial charge in [-0.3, -0.25) is 4.90 Å². The number of rotatable bonds is 7. The van der Waals surface area contributed by atoms with Gasteiger partial charge < -0.3 is 9.64 Å². The summed E-state index contributed by atoms with van der Waals surface area (Å²) in [6.07, 6.45) is 2.08. The number of thiophene rings is 1. The highest BCUT2D eigenvalue weighted by Gasteiger charge is 2.27. The minimum Gasteiger partial charge on any atom is -0.378 e. The molecule has 160 valence electrons. The standard InChI is InChI=1S/C18H26ClN5O3S2/c1-2-29(25,26)20-11-13-4-3-5-24(13)12-14-10-15-16(28-14)17(22-18(19)21-15)23-6-8-27-9-7-23/h10,13,20H,2-9,11-12H2,1H3. The summed E-state index contributed by atoms with van der Waals surface area (Å²) in [7, 11) is -3.17. The van der Waals surface area contributed by atoms with Crippen LogP contribution in [-0.2, 0) is 21.3 Å². The zero-order valence-electron chi connectivity index (χ0n) is 16.4. The molecule has 4 rings (SSSR count). The minimum absolute atomic E-state index is 0.111. The lowest BCUT2D eigenvalue weighted by atomic mass is 10.2. The lowest BCUT2D eigenvalue weighted by Gasteiger charge is -2.28. The van der Waals surface area contributed by atoms with Gasteiger partial charge in [0.25, 0.3) is 0 Å². The number of nitrogens with zero attached hydrogens (tertiary/aromatic N) is 4. The van der Waals surface area contributed by atoms with Crippen LogP contribution in [0.3, 0.4) is 0 Å². The third kappa shape index (κ3) is 5.00. The van der Waals surface area contributed by atoms with Crippen molar-refractivity contribution in [2.24, 2.45) is 0 Å². The number of hydrogen-bond donors (Lipinski definition) is 1. The molecule has 8 nitrogen and oxygen atoms in total. The molecule has 4 heterocycles. The van der Waals surface area contributed by atoms with Crippen LogP contribution >= 0.6 is 22.9 Å². The topological polar surface area (TPSA) is 87.7 Å². The predicted octanol–water partition coefficient (Wildman–Crippen LogP) is 2.08. The molecule has 0 aromatic carbocycles. The second-order valence-electron chi connectivity index (χ2n) is 7.36. The third-order valence-corrected chi connectivity index (χ3v) is 8.11. The van der Waals surface area contributed by atoms with Crippen LogP contribution in [0.2, 0.25) is 5.28 Å². The van der Waals surface area contributed by atoms with Crippen LogP contribution in [0, 0.1) is 0 Å². The number of sulfonamides is 1. The molecule has 29 heavy (non-hydrogen) atoms. The Morgan fingerprint density at radius 3 is 2.86 bits per heavy atom. The van der Waals surface area contributed by atoms with E-state index in [2.05, 4.69) is 30.6 Å². The van der Waals surface area contributed by atoms with Crippen molar-refractivity contribution in [3.05, 3.63) is 16.2 Å². The highest BCUT2D eigenvalue weighted by molar-refractivity contribution is 7.89. The molecule has 2 aromatic rings. The van der Waals surface area contributed by atoms with E-state index in [-0.39, 0.29) is 17.1 Å². The summed E-state index contributed by atoms with van der Waals surface area (Å²) < 4.78 is 32.8. The maximum absolute atomic E-state index is 11.8. The predicted molar refractivity (Wildman–Crippen MR) is 116 cm³/mol. The molecule has 2 aromatic heterocycles. The fraction of sp³-hybridized carbons (Fsp3) is 0.667. The van der Waals surface area contributed by atoms with E-state index in [4.69, 9.17) is 16.3 Å². The van der Waals surface area contributed by atoms with Gasteiger partial charge in [0, 0.05) is 37.1 Å². The lowest BCUT2D eigenvalue weighted by Crippen LogP contribution is -2.40. The summed E-state index contributed by atoms with van der Waals surface area (Å²) >= 11 is 7.89. The van der Waals surface area contributed by atoms with Crippen molar-refractivity contribution in [3.63, 3.8) is 0 Å². The SMILES string of the molecule is CCS(=O)(=O)NCC1CCCN1Cc1cc2nc(Cl)nc(N3CCOCC3)c2s1. The van der Waals surface area contributed by atoms with Gasteiger partial charge in [-0.2, -0.15) is 4.98 Å². The van der Waals surface area contributed by atoms with E-state index in [9.17, 15) is 8.42 Å². The number of hydrogen-bond acceptors (Lipinski definition) is 8. The maximum atomic E-state index is 11.8. The molecule has 2 aliphatic heterocycles. The van der Waals surface area contributed by atoms with Gasteiger partial charge in [-0.25, -0.2) is 18.1 Å². The minimum atomic E-state index is -3.17. The molecule has 0 radical (unpaired) electrons. The van der Waals surface area contributed by atoms with E-state index >= 15 is 0 Å². The molecule has 1 unspecified atom stereocenters. The van der Waals surface area contributed by atoms with Gasteiger partial charge in [-0.05, 0) is 44.0 Å². The Morgan fingerprint density at radius 1 is 1.31 bits per heavy atom. The van der Waals surface area contributed by atoms with E-state index in [1.807, 2.05) is 0 Å². The van der Waals surface area contributed by atoms with Crippen molar-refractivity contribution < 1.29 is 13.2 Å². The quantitative estimate of drug-likeness (QED) is 0.634. The highest BCUT2D eigenvalue weighted by atomic mass is 35.5. The second-order valence-corrected chi connectivity index (χ2v) is 10.9.